The second kappa shape index (κ2) is 14.9. The Morgan fingerprint density at radius 3 is 1.97 bits per heavy atom. The molecule has 0 bridgehead atoms. The zero-order valence-electron chi connectivity index (χ0n) is 18.6. The van der Waals surface area contributed by atoms with Crippen LogP contribution >= 0.6 is 12.6 Å². The predicted octanol–water partition coefficient (Wildman–Crippen LogP) is -3.63. The molecule has 33 heavy (non-hydrogen) atoms. The Bertz CT molecular complexity index is 743. The number of primary amides is 1. The molecule has 0 fully saturated rings. The van der Waals surface area contributed by atoms with Crippen molar-refractivity contribution in [1.82, 2.24) is 16.0 Å². The number of guanidine groups is 1. The zero-order chi connectivity index (χ0) is 25.7. The van der Waals surface area contributed by atoms with Gasteiger partial charge in [-0.1, -0.05) is 13.8 Å². The third-order valence-corrected chi connectivity index (χ3v) is 4.75. The van der Waals surface area contributed by atoms with Gasteiger partial charge in [0, 0.05) is 12.3 Å². The molecule has 4 unspecified atom stereocenters. The molecule has 0 aromatic heterocycles. The van der Waals surface area contributed by atoms with E-state index in [-0.39, 0.29) is 31.1 Å². The van der Waals surface area contributed by atoms with E-state index in [0.29, 0.717) is 0 Å². The standard InChI is InChI=1S/C18H34N8O6S/c1-8(2)13(26-14(28)9(19)6-12(20)27)16(30)24-10(4-3-5-23-18(21)22)15(29)25-11(7-33)17(31)32/h8-11,13,33H,3-7,19H2,1-2H3,(H2,20,27)(H,24,30)(H,25,29)(H,26,28)(H,31,32)(H4,21,22,23). The molecule has 188 valence electrons. The van der Waals surface area contributed by atoms with Crippen molar-refractivity contribution in [3.63, 3.8) is 0 Å². The van der Waals surface area contributed by atoms with E-state index in [2.05, 4.69) is 33.6 Å². The van der Waals surface area contributed by atoms with E-state index in [1.165, 1.54) is 0 Å². The Morgan fingerprint density at radius 1 is 0.939 bits per heavy atom. The van der Waals surface area contributed by atoms with Crippen molar-refractivity contribution in [2.24, 2.45) is 33.8 Å². The van der Waals surface area contributed by atoms with E-state index in [0.717, 1.165) is 0 Å². The summed E-state index contributed by atoms with van der Waals surface area (Å²) in [4.78, 5) is 63.8. The van der Waals surface area contributed by atoms with Gasteiger partial charge >= 0.3 is 5.97 Å². The number of hydrogen-bond donors (Lipinski definition) is 9. The van der Waals surface area contributed by atoms with Gasteiger partial charge in [0.25, 0.3) is 0 Å². The predicted molar refractivity (Wildman–Crippen MR) is 124 cm³/mol. The summed E-state index contributed by atoms with van der Waals surface area (Å²) in [7, 11) is 0. The number of amides is 4. The fraction of sp³-hybridized carbons (Fsp3) is 0.667. The number of nitrogens with zero attached hydrogens (tertiary/aromatic N) is 1. The summed E-state index contributed by atoms with van der Waals surface area (Å²) in [5.74, 6) is -5.02. The molecule has 0 rings (SSSR count). The highest BCUT2D eigenvalue weighted by atomic mass is 32.1. The van der Waals surface area contributed by atoms with Crippen molar-refractivity contribution >= 4 is 48.2 Å². The summed E-state index contributed by atoms with van der Waals surface area (Å²) < 4.78 is 0. The Balaban J connectivity index is 5.46. The molecule has 0 aliphatic rings. The van der Waals surface area contributed by atoms with Crippen LogP contribution in [0.25, 0.3) is 0 Å². The van der Waals surface area contributed by atoms with Gasteiger partial charge in [0.15, 0.2) is 5.96 Å². The van der Waals surface area contributed by atoms with Crippen LogP contribution < -0.4 is 38.9 Å². The molecule has 0 spiro atoms. The van der Waals surface area contributed by atoms with Crippen LogP contribution in [-0.4, -0.2) is 77.1 Å². The molecule has 14 nitrogen and oxygen atoms in total. The number of carbonyl (C=O) groups is 5. The SMILES string of the molecule is CC(C)C(NC(=O)C(N)CC(N)=O)C(=O)NC(CCCN=C(N)N)C(=O)NC(CS)C(=O)O. The number of nitrogens with one attached hydrogen (secondary N) is 3. The highest BCUT2D eigenvalue weighted by Gasteiger charge is 2.31. The minimum Gasteiger partial charge on any atom is -0.480 e. The summed E-state index contributed by atoms with van der Waals surface area (Å²) >= 11 is 3.90. The number of carboxylic acids is 1. The molecule has 0 aliphatic carbocycles. The van der Waals surface area contributed by atoms with Crippen LogP contribution in [0.15, 0.2) is 4.99 Å². The lowest BCUT2D eigenvalue weighted by atomic mass is 10.0. The molecule has 12 N–H and O–H groups in total. The number of thiol groups is 1. The van der Waals surface area contributed by atoms with E-state index in [1.54, 1.807) is 13.8 Å². The summed E-state index contributed by atoms with van der Waals surface area (Å²) in [6, 6.07) is -4.76. The van der Waals surface area contributed by atoms with E-state index < -0.39 is 66.1 Å². The molecule has 0 saturated heterocycles. The van der Waals surface area contributed by atoms with Crippen molar-refractivity contribution < 1.29 is 29.1 Å². The molecule has 4 amide bonds. The van der Waals surface area contributed by atoms with Crippen molar-refractivity contribution in [3.05, 3.63) is 0 Å². The van der Waals surface area contributed by atoms with Crippen LogP contribution in [0, 0.1) is 5.92 Å². The number of aliphatic carboxylic acids is 1. The lowest BCUT2D eigenvalue weighted by molar-refractivity contribution is -0.141. The summed E-state index contributed by atoms with van der Waals surface area (Å²) in [6.45, 7) is 3.47. The average Bonchev–Trinajstić information content (AvgIpc) is 2.70. The Morgan fingerprint density at radius 2 is 1.52 bits per heavy atom. The number of aliphatic imine (C=N–C) groups is 1. The van der Waals surface area contributed by atoms with Crippen molar-refractivity contribution in [2.75, 3.05) is 12.3 Å². The molecule has 0 aromatic rings. The van der Waals surface area contributed by atoms with Gasteiger partial charge in [-0.25, -0.2) is 4.79 Å². The van der Waals surface area contributed by atoms with Gasteiger partial charge in [0.05, 0.1) is 12.5 Å². The minimum atomic E-state index is -1.29. The molecular formula is C18H34N8O6S. The van der Waals surface area contributed by atoms with Crippen molar-refractivity contribution in [1.29, 1.82) is 0 Å². The van der Waals surface area contributed by atoms with Crippen LogP contribution in [0.3, 0.4) is 0 Å². The maximum Gasteiger partial charge on any atom is 0.327 e. The fourth-order valence-corrected chi connectivity index (χ4v) is 2.84. The molecule has 0 aliphatic heterocycles. The molecule has 15 heteroatoms. The quantitative estimate of drug-likeness (QED) is 0.0474. The number of carboxylic acid groups (broad SMARTS) is 1. The van der Waals surface area contributed by atoms with Gasteiger partial charge in [0.1, 0.15) is 18.1 Å². The molecular weight excluding hydrogens is 456 g/mol. The highest BCUT2D eigenvalue weighted by molar-refractivity contribution is 7.80. The first kappa shape index (κ1) is 29.9. The monoisotopic (exact) mass is 490 g/mol. The minimum absolute atomic E-state index is 0.0766. The Kier molecular flexibility index (Phi) is 13.5. The first-order valence-electron chi connectivity index (χ1n) is 10.1. The third-order valence-electron chi connectivity index (χ3n) is 4.38. The number of nitrogens with two attached hydrogens (primary N) is 4. The van der Waals surface area contributed by atoms with E-state index in [1.807, 2.05) is 0 Å². The number of rotatable bonds is 15. The van der Waals surface area contributed by atoms with Gasteiger partial charge in [0.2, 0.25) is 23.6 Å². The van der Waals surface area contributed by atoms with Gasteiger partial charge < -0.3 is 44.0 Å². The first-order valence-corrected chi connectivity index (χ1v) is 10.8. The number of carbonyl (C=O) groups excluding carboxylic acids is 4. The summed E-state index contributed by atoms with van der Waals surface area (Å²) in [5, 5.41) is 16.4. The maximum atomic E-state index is 12.9. The molecule has 0 saturated carbocycles. The van der Waals surface area contributed by atoms with Gasteiger partial charge in [-0.15, -0.1) is 0 Å². The second-order valence-corrected chi connectivity index (χ2v) is 7.96. The average molecular weight is 491 g/mol. The molecule has 4 atom stereocenters. The van der Waals surface area contributed by atoms with Gasteiger partial charge in [-0.05, 0) is 18.8 Å². The smallest absolute Gasteiger partial charge is 0.327 e. The second-order valence-electron chi connectivity index (χ2n) is 7.60. The van der Waals surface area contributed by atoms with Crippen LogP contribution in [-0.2, 0) is 24.0 Å². The molecule has 0 heterocycles. The van der Waals surface area contributed by atoms with Crippen LogP contribution in [0.5, 0.6) is 0 Å². The van der Waals surface area contributed by atoms with Crippen LogP contribution in [0.1, 0.15) is 33.1 Å². The molecule has 0 aromatic carbocycles. The summed E-state index contributed by atoms with van der Waals surface area (Å²) in [6.07, 6.45) is -0.0430. The fourth-order valence-electron chi connectivity index (χ4n) is 2.60. The maximum absolute atomic E-state index is 12.9. The van der Waals surface area contributed by atoms with E-state index in [4.69, 9.17) is 28.0 Å². The summed E-state index contributed by atoms with van der Waals surface area (Å²) in [5.41, 5.74) is 21.2. The topological polar surface area (TPSA) is 258 Å². The normalized spacial score (nSPS) is 14.3. The van der Waals surface area contributed by atoms with E-state index in [9.17, 15) is 24.0 Å². The van der Waals surface area contributed by atoms with Crippen molar-refractivity contribution in [3.8, 4) is 0 Å². The lowest BCUT2D eigenvalue weighted by Gasteiger charge is -2.26. The van der Waals surface area contributed by atoms with Gasteiger partial charge in [-0.2, -0.15) is 12.6 Å². The largest absolute Gasteiger partial charge is 0.480 e. The van der Waals surface area contributed by atoms with Crippen molar-refractivity contribution in [2.45, 2.75) is 57.3 Å². The lowest BCUT2D eigenvalue weighted by Crippen LogP contribution is -2.58. The Hall–Kier alpha value is -3.07. The highest BCUT2D eigenvalue weighted by Crippen LogP contribution is 2.06. The Labute approximate surface area is 197 Å². The third kappa shape index (κ3) is 11.9. The first-order chi connectivity index (χ1) is 15.3. The molecule has 0 radical (unpaired) electrons. The van der Waals surface area contributed by atoms with Crippen LogP contribution in [0.2, 0.25) is 0 Å². The van der Waals surface area contributed by atoms with E-state index >= 15 is 0 Å². The number of hydrogen-bond acceptors (Lipinski definition) is 8. The van der Waals surface area contributed by atoms with Gasteiger partial charge in [-0.3, -0.25) is 24.2 Å². The van der Waals surface area contributed by atoms with Crippen LogP contribution in [0.4, 0.5) is 0 Å². The zero-order valence-corrected chi connectivity index (χ0v) is 19.5.